The standard InChI is InChI=1S/C9H9N3O5/c1-5-7(9(13)10-2)3-6(11(14)15)4-8(5)12(16)17/h3-4H,1-2H3,(H,10,13). The quantitative estimate of drug-likeness (QED) is 0.627. The maximum atomic E-state index is 11.4. The van der Waals surface area contributed by atoms with E-state index in [9.17, 15) is 25.0 Å². The Morgan fingerprint density at radius 1 is 1.24 bits per heavy atom. The monoisotopic (exact) mass is 239 g/mol. The smallest absolute Gasteiger partial charge is 0.279 e. The van der Waals surface area contributed by atoms with Gasteiger partial charge in [-0.3, -0.25) is 25.0 Å². The van der Waals surface area contributed by atoms with E-state index in [0.29, 0.717) is 0 Å². The molecule has 0 radical (unpaired) electrons. The lowest BCUT2D eigenvalue weighted by Crippen LogP contribution is -2.19. The fourth-order valence-electron chi connectivity index (χ4n) is 1.35. The van der Waals surface area contributed by atoms with Crippen molar-refractivity contribution in [1.29, 1.82) is 0 Å². The van der Waals surface area contributed by atoms with Gasteiger partial charge in [0.15, 0.2) is 0 Å². The van der Waals surface area contributed by atoms with Crippen molar-refractivity contribution in [3.05, 3.63) is 43.5 Å². The molecule has 1 rings (SSSR count). The molecule has 17 heavy (non-hydrogen) atoms. The van der Waals surface area contributed by atoms with Crippen LogP contribution in [0.15, 0.2) is 12.1 Å². The number of hydrogen-bond acceptors (Lipinski definition) is 5. The molecule has 0 bridgehead atoms. The van der Waals surface area contributed by atoms with Gasteiger partial charge in [-0.15, -0.1) is 0 Å². The third-order valence-electron chi connectivity index (χ3n) is 2.24. The minimum atomic E-state index is -0.779. The molecule has 0 saturated carbocycles. The molecule has 0 fully saturated rings. The second-order valence-electron chi connectivity index (χ2n) is 3.23. The van der Waals surface area contributed by atoms with Crippen molar-refractivity contribution < 1.29 is 14.6 Å². The van der Waals surface area contributed by atoms with Crippen molar-refractivity contribution in [3.63, 3.8) is 0 Å². The number of carbonyl (C=O) groups excluding carboxylic acids is 1. The average Bonchev–Trinajstić information content (AvgIpc) is 2.27. The first kappa shape index (κ1) is 12.6. The number of non-ortho nitro benzene ring substituents is 1. The number of nitro benzene ring substituents is 2. The Labute approximate surface area is 95.5 Å². The normalized spacial score (nSPS) is 9.76. The summed E-state index contributed by atoms with van der Waals surface area (Å²) in [5, 5.41) is 23.6. The molecule has 8 nitrogen and oxygen atoms in total. The first-order valence-electron chi connectivity index (χ1n) is 4.54. The maximum Gasteiger partial charge on any atom is 0.279 e. The molecule has 8 heteroatoms. The predicted molar refractivity (Wildman–Crippen MR) is 57.9 cm³/mol. The van der Waals surface area contributed by atoms with E-state index >= 15 is 0 Å². The molecule has 0 atom stereocenters. The summed E-state index contributed by atoms with van der Waals surface area (Å²) in [4.78, 5) is 31.2. The van der Waals surface area contributed by atoms with Gasteiger partial charge in [0.05, 0.1) is 21.5 Å². The van der Waals surface area contributed by atoms with E-state index in [1.54, 1.807) is 0 Å². The molecule has 0 aliphatic heterocycles. The van der Waals surface area contributed by atoms with Gasteiger partial charge < -0.3 is 5.32 Å². The average molecular weight is 239 g/mol. The predicted octanol–water partition coefficient (Wildman–Crippen LogP) is 1.17. The first-order valence-corrected chi connectivity index (χ1v) is 4.54. The first-order chi connectivity index (χ1) is 7.88. The Morgan fingerprint density at radius 2 is 1.82 bits per heavy atom. The van der Waals surface area contributed by atoms with Gasteiger partial charge in [-0.1, -0.05) is 0 Å². The van der Waals surface area contributed by atoms with Gasteiger partial charge in [0.25, 0.3) is 17.3 Å². The molecule has 0 aliphatic carbocycles. The van der Waals surface area contributed by atoms with Crippen molar-refractivity contribution in [2.45, 2.75) is 6.92 Å². The second kappa shape index (κ2) is 4.56. The summed E-state index contributed by atoms with van der Waals surface area (Å²) in [6, 6.07) is 1.85. The summed E-state index contributed by atoms with van der Waals surface area (Å²) in [5.74, 6) is -0.602. The van der Waals surface area contributed by atoms with Crippen LogP contribution in [-0.4, -0.2) is 22.8 Å². The van der Waals surface area contributed by atoms with Gasteiger partial charge in [0.1, 0.15) is 0 Å². The van der Waals surface area contributed by atoms with Crippen LogP contribution in [0.2, 0.25) is 0 Å². The van der Waals surface area contributed by atoms with Crippen molar-refractivity contribution >= 4 is 17.3 Å². The van der Waals surface area contributed by atoms with Crippen molar-refractivity contribution in [2.24, 2.45) is 0 Å². The van der Waals surface area contributed by atoms with Gasteiger partial charge in [-0.05, 0) is 6.92 Å². The highest BCUT2D eigenvalue weighted by Crippen LogP contribution is 2.27. The Kier molecular flexibility index (Phi) is 3.37. The number of benzene rings is 1. The van der Waals surface area contributed by atoms with E-state index in [1.165, 1.54) is 14.0 Å². The third-order valence-corrected chi connectivity index (χ3v) is 2.24. The van der Waals surface area contributed by atoms with Crippen LogP contribution in [0.4, 0.5) is 11.4 Å². The summed E-state index contributed by atoms with van der Waals surface area (Å²) < 4.78 is 0. The van der Waals surface area contributed by atoms with Gasteiger partial charge in [-0.2, -0.15) is 0 Å². The van der Waals surface area contributed by atoms with Gasteiger partial charge in [0, 0.05) is 18.7 Å². The summed E-state index contributed by atoms with van der Waals surface area (Å²) >= 11 is 0. The van der Waals surface area contributed by atoms with Gasteiger partial charge in [0.2, 0.25) is 0 Å². The highest BCUT2D eigenvalue weighted by Gasteiger charge is 2.23. The molecule has 90 valence electrons. The van der Waals surface area contributed by atoms with Crippen LogP contribution < -0.4 is 5.32 Å². The molecule has 0 heterocycles. The van der Waals surface area contributed by atoms with Crippen LogP contribution in [0.3, 0.4) is 0 Å². The van der Waals surface area contributed by atoms with Gasteiger partial charge in [-0.25, -0.2) is 0 Å². The van der Waals surface area contributed by atoms with Crippen LogP contribution in [0.25, 0.3) is 0 Å². The van der Waals surface area contributed by atoms with Crippen molar-refractivity contribution in [1.82, 2.24) is 5.32 Å². The zero-order valence-electron chi connectivity index (χ0n) is 9.09. The Morgan fingerprint density at radius 3 is 2.24 bits per heavy atom. The highest BCUT2D eigenvalue weighted by molar-refractivity contribution is 5.97. The van der Waals surface area contributed by atoms with Crippen LogP contribution in [0.5, 0.6) is 0 Å². The minimum Gasteiger partial charge on any atom is -0.355 e. The molecule has 1 aromatic rings. The third kappa shape index (κ3) is 2.36. The topological polar surface area (TPSA) is 115 Å². The van der Waals surface area contributed by atoms with Crippen molar-refractivity contribution in [2.75, 3.05) is 7.05 Å². The Bertz CT molecular complexity index is 512. The molecular formula is C9H9N3O5. The molecule has 0 saturated heterocycles. The van der Waals surface area contributed by atoms with Crippen molar-refractivity contribution in [3.8, 4) is 0 Å². The number of nitro groups is 2. The zero-order valence-corrected chi connectivity index (χ0v) is 9.09. The molecule has 0 aromatic heterocycles. The minimum absolute atomic E-state index is 0.0756. The fourth-order valence-corrected chi connectivity index (χ4v) is 1.35. The van der Waals surface area contributed by atoms with E-state index in [4.69, 9.17) is 0 Å². The number of nitrogens with one attached hydrogen (secondary N) is 1. The van der Waals surface area contributed by atoms with Crippen LogP contribution in [-0.2, 0) is 0 Å². The summed E-state index contributed by atoms with van der Waals surface area (Å²) in [7, 11) is 1.34. The van der Waals surface area contributed by atoms with E-state index in [1.807, 2.05) is 0 Å². The number of amides is 1. The molecule has 1 N–H and O–H groups in total. The van der Waals surface area contributed by atoms with Crippen LogP contribution in [0.1, 0.15) is 15.9 Å². The number of rotatable bonds is 3. The SMILES string of the molecule is CNC(=O)c1cc([N+](=O)[O-])cc([N+](=O)[O-])c1C. The van der Waals surface area contributed by atoms with Crippen LogP contribution >= 0.6 is 0 Å². The lowest BCUT2D eigenvalue weighted by atomic mass is 10.0. The summed E-state index contributed by atoms with van der Waals surface area (Å²) in [6.45, 7) is 1.37. The summed E-state index contributed by atoms with van der Waals surface area (Å²) in [6.07, 6.45) is 0. The number of nitrogens with zero attached hydrogens (tertiary/aromatic N) is 2. The maximum absolute atomic E-state index is 11.4. The molecule has 0 unspecified atom stereocenters. The fraction of sp³-hybridized carbons (Fsp3) is 0.222. The number of hydrogen-bond donors (Lipinski definition) is 1. The highest BCUT2D eigenvalue weighted by atomic mass is 16.6. The molecular weight excluding hydrogens is 230 g/mol. The largest absolute Gasteiger partial charge is 0.355 e. The van der Waals surface area contributed by atoms with E-state index in [2.05, 4.69) is 5.32 Å². The Balaban J connectivity index is 3.54. The van der Waals surface area contributed by atoms with E-state index in [-0.39, 0.29) is 11.1 Å². The molecule has 1 aromatic carbocycles. The van der Waals surface area contributed by atoms with E-state index in [0.717, 1.165) is 12.1 Å². The molecule has 0 aliphatic rings. The van der Waals surface area contributed by atoms with Crippen LogP contribution in [0, 0.1) is 27.2 Å². The number of carbonyl (C=O) groups is 1. The molecule has 1 amide bonds. The van der Waals surface area contributed by atoms with Gasteiger partial charge >= 0.3 is 0 Å². The second-order valence-corrected chi connectivity index (χ2v) is 3.23. The summed E-state index contributed by atoms with van der Waals surface area (Å²) in [5.41, 5.74) is -0.910. The lowest BCUT2D eigenvalue weighted by Gasteiger charge is -2.04. The zero-order chi connectivity index (χ0) is 13.2. The molecule has 0 spiro atoms. The Hall–Kier alpha value is -2.51. The van der Waals surface area contributed by atoms with E-state index < -0.39 is 27.1 Å². The lowest BCUT2D eigenvalue weighted by molar-refractivity contribution is -0.394.